The van der Waals surface area contributed by atoms with Crippen LogP contribution in [0.1, 0.15) is 30.5 Å². The number of halogens is 3. The van der Waals surface area contributed by atoms with Crippen LogP contribution in [-0.2, 0) is 29.0 Å². The smallest absolute Gasteiger partial charge is 0.243 e. The van der Waals surface area contributed by atoms with Crippen LogP contribution in [-0.4, -0.2) is 29.3 Å². The van der Waals surface area contributed by atoms with Gasteiger partial charge in [-0.2, -0.15) is 0 Å². The second kappa shape index (κ2) is 13.1. The van der Waals surface area contributed by atoms with Gasteiger partial charge in [0.05, 0.1) is 6.42 Å². The maximum atomic E-state index is 13.8. The summed E-state index contributed by atoms with van der Waals surface area (Å²) in [5.74, 6) is -0.0682. The van der Waals surface area contributed by atoms with Crippen molar-refractivity contribution in [1.82, 2.24) is 10.2 Å². The Balaban J connectivity index is 1.97. The fraction of sp³-hybridized carbons (Fsp3) is 0.286. The lowest BCUT2D eigenvalue weighted by Crippen LogP contribution is -2.51. The second-order valence-corrected chi connectivity index (χ2v) is 10.7. The summed E-state index contributed by atoms with van der Waals surface area (Å²) >= 11 is 15.9. The monoisotopic (exact) mass is 574 g/mol. The molecule has 3 aromatic carbocycles. The van der Waals surface area contributed by atoms with E-state index in [-0.39, 0.29) is 24.8 Å². The first kappa shape index (κ1) is 27.3. The summed E-state index contributed by atoms with van der Waals surface area (Å²) < 4.78 is 0.909. The minimum absolute atomic E-state index is 0.0623. The lowest BCUT2D eigenvalue weighted by Gasteiger charge is -2.32. The molecular formula is C28H29BrCl2N2O2. The van der Waals surface area contributed by atoms with E-state index in [1.807, 2.05) is 68.4 Å². The minimum atomic E-state index is -0.686. The van der Waals surface area contributed by atoms with Crippen molar-refractivity contribution in [3.63, 3.8) is 0 Å². The molecule has 3 aromatic rings. The molecule has 0 radical (unpaired) electrons. The Hall–Kier alpha value is -2.34. The third-order valence-corrected chi connectivity index (χ3v) is 6.63. The van der Waals surface area contributed by atoms with E-state index in [0.717, 1.165) is 15.6 Å². The van der Waals surface area contributed by atoms with Crippen LogP contribution in [0.5, 0.6) is 0 Å². The molecule has 4 nitrogen and oxygen atoms in total. The van der Waals surface area contributed by atoms with Crippen molar-refractivity contribution >= 4 is 50.9 Å². The zero-order chi connectivity index (χ0) is 25.4. The molecule has 1 N–H and O–H groups in total. The predicted molar refractivity (Wildman–Crippen MR) is 147 cm³/mol. The van der Waals surface area contributed by atoms with E-state index < -0.39 is 6.04 Å². The van der Waals surface area contributed by atoms with Gasteiger partial charge in [0.25, 0.3) is 0 Å². The number of nitrogens with one attached hydrogen (secondary N) is 1. The molecule has 0 saturated heterocycles. The third kappa shape index (κ3) is 8.38. The first-order chi connectivity index (χ1) is 16.7. The van der Waals surface area contributed by atoms with Crippen LogP contribution >= 0.6 is 39.1 Å². The summed E-state index contributed by atoms with van der Waals surface area (Å²) in [7, 11) is 0. The van der Waals surface area contributed by atoms with E-state index >= 15 is 0 Å². The van der Waals surface area contributed by atoms with Gasteiger partial charge in [-0.3, -0.25) is 9.59 Å². The molecule has 0 aromatic heterocycles. The van der Waals surface area contributed by atoms with Crippen molar-refractivity contribution in [2.75, 3.05) is 6.54 Å². The van der Waals surface area contributed by atoms with E-state index in [1.165, 1.54) is 0 Å². The quantitative estimate of drug-likeness (QED) is 0.292. The third-order valence-electron chi connectivity index (χ3n) is 5.55. The van der Waals surface area contributed by atoms with Gasteiger partial charge in [0.15, 0.2) is 0 Å². The second-order valence-electron chi connectivity index (χ2n) is 8.91. The summed E-state index contributed by atoms with van der Waals surface area (Å²) in [6.07, 6.45) is 0.464. The Kier molecular flexibility index (Phi) is 10.2. The van der Waals surface area contributed by atoms with Crippen molar-refractivity contribution in [3.05, 3.63) is 104 Å². The molecule has 3 rings (SSSR count). The Bertz CT molecular complexity index is 1150. The van der Waals surface area contributed by atoms with Crippen LogP contribution in [0.15, 0.2) is 77.3 Å². The maximum Gasteiger partial charge on any atom is 0.243 e. The van der Waals surface area contributed by atoms with Crippen LogP contribution in [0.3, 0.4) is 0 Å². The van der Waals surface area contributed by atoms with Crippen molar-refractivity contribution < 1.29 is 9.59 Å². The number of carbonyl (C=O) groups is 2. The Morgan fingerprint density at radius 3 is 2.31 bits per heavy atom. The highest BCUT2D eigenvalue weighted by Gasteiger charge is 2.30. The number of amides is 2. The van der Waals surface area contributed by atoms with Crippen molar-refractivity contribution in [3.8, 4) is 0 Å². The molecule has 0 aliphatic rings. The average Bonchev–Trinajstić information content (AvgIpc) is 2.82. The van der Waals surface area contributed by atoms with E-state index in [4.69, 9.17) is 23.2 Å². The lowest BCUT2D eigenvalue weighted by atomic mass is 10.0. The molecule has 0 bridgehead atoms. The summed E-state index contributed by atoms with van der Waals surface area (Å²) in [4.78, 5) is 28.9. The zero-order valence-electron chi connectivity index (χ0n) is 19.8. The highest BCUT2D eigenvalue weighted by atomic mass is 79.9. The van der Waals surface area contributed by atoms with Crippen LogP contribution in [0.4, 0.5) is 0 Å². The van der Waals surface area contributed by atoms with E-state index in [9.17, 15) is 9.59 Å². The van der Waals surface area contributed by atoms with Gasteiger partial charge >= 0.3 is 0 Å². The highest BCUT2D eigenvalue weighted by molar-refractivity contribution is 9.10. The zero-order valence-corrected chi connectivity index (χ0v) is 22.9. The van der Waals surface area contributed by atoms with Gasteiger partial charge in [0.2, 0.25) is 11.8 Å². The van der Waals surface area contributed by atoms with Gasteiger partial charge in [-0.15, -0.1) is 0 Å². The molecule has 184 valence electrons. The molecule has 0 aliphatic carbocycles. The lowest BCUT2D eigenvalue weighted by molar-refractivity contribution is -0.140. The van der Waals surface area contributed by atoms with E-state index in [2.05, 4.69) is 21.2 Å². The Morgan fingerprint density at radius 1 is 0.943 bits per heavy atom. The molecule has 0 spiro atoms. The molecule has 1 atom stereocenters. The summed E-state index contributed by atoms with van der Waals surface area (Å²) in [5, 5.41) is 3.97. The van der Waals surface area contributed by atoms with Crippen molar-refractivity contribution in [2.24, 2.45) is 5.92 Å². The minimum Gasteiger partial charge on any atom is -0.354 e. The van der Waals surface area contributed by atoms with E-state index in [1.54, 1.807) is 23.1 Å². The van der Waals surface area contributed by atoms with Gasteiger partial charge < -0.3 is 10.2 Å². The summed E-state index contributed by atoms with van der Waals surface area (Å²) in [6.45, 7) is 4.90. The van der Waals surface area contributed by atoms with Gasteiger partial charge in [-0.1, -0.05) is 102 Å². The molecule has 35 heavy (non-hydrogen) atoms. The van der Waals surface area contributed by atoms with Crippen LogP contribution < -0.4 is 5.32 Å². The van der Waals surface area contributed by atoms with Gasteiger partial charge in [-0.05, 0) is 46.9 Å². The molecule has 0 fully saturated rings. The largest absolute Gasteiger partial charge is 0.354 e. The molecule has 7 heteroatoms. The Morgan fingerprint density at radius 2 is 1.66 bits per heavy atom. The average molecular weight is 576 g/mol. The predicted octanol–water partition coefficient (Wildman–Crippen LogP) is 6.71. The fourth-order valence-corrected chi connectivity index (χ4v) is 4.66. The summed E-state index contributed by atoms with van der Waals surface area (Å²) in [5.41, 5.74) is 2.57. The fourth-order valence-electron chi connectivity index (χ4n) is 3.74. The molecular weight excluding hydrogens is 547 g/mol. The standard InChI is InChI=1S/C28H29BrCl2N2O2/c1-19(2)17-32-28(35)26(14-20-7-4-3-5-8-20)33(18-21-9-6-10-23(29)13-21)27(34)15-22-11-12-24(30)16-25(22)31/h3-13,16,19,26H,14-15,17-18H2,1-2H3,(H,32,35). The first-order valence-corrected chi connectivity index (χ1v) is 13.1. The normalized spacial score (nSPS) is 11.8. The van der Waals surface area contributed by atoms with Gasteiger partial charge in [-0.25, -0.2) is 0 Å². The number of hydrogen-bond donors (Lipinski definition) is 1. The first-order valence-electron chi connectivity index (χ1n) is 11.5. The topological polar surface area (TPSA) is 49.4 Å². The van der Waals surface area contributed by atoms with Crippen LogP contribution in [0.25, 0.3) is 0 Å². The number of carbonyl (C=O) groups excluding carboxylic acids is 2. The number of benzene rings is 3. The maximum absolute atomic E-state index is 13.8. The number of nitrogens with zero attached hydrogens (tertiary/aromatic N) is 1. The molecule has 0 aliphatic heterocycles. The van der Waals surface area contributed by atoms with Crippen molar-refractivity contribution in [2.45, 2.75) is 39.3 Å². The molecule has 1 unspecified atom stereocenters. The molecule has 0 saturated carbocycles. The summed E-state index contributed by atoms with van der Waals surface area (Å²) in [6, 6.07) is 21.9. The van der Waals surface area contributed by atoms with E-state index in [0.29, 0.717) is 34.5 Å². The van der Waals surface area contributed by atoms with Crippen LogP contribution in [0.2, 0.25) is 10.0 Å². The van der Waals surface area contributed by atoms with Crippen LogP contribution in [0, 0.1) is 5.92 Å². The number of rotatable bonds is 10. The SMILES string of the molecule is CC(C)CNC(=O)C(Cc1ccccc1)N(Cc1cccc(Br)c1)C(=O)Cc1ccc(Cl)cc1Cl. The molecule has 2 amide bonds. The Labute approximate surface area is 225 Å². The van der Waals surface area contributed by atoms with Gasteiger partial charge in [0.1, 0.15) is 6.04 Å². The number of hydrogen-bond acceptors (Lipinski definition) is 2. The molecule has 0 heterocycles. The van der Waals surface area contributed by atoms with Gasteiger partial charge in [0, 0.05) is 34.0 Å². The highest BCUT2D eigenvalue weighted by Crippen LogP contribution is 2.24. The van der Waals surface area contributed by atoms with Crippen molar-refractivity contribution in [1.29, 1.82) is 0 Å².